The lowest BCUT2D eigenvalue weighted by Crippen LogP contribution is -2.13. The number of aryl methyl sites for hydroxylation is 2. The number of carbonyl (C=O) groups is 1. The molecule has 4 rings (SSSR count). The van der Waals surface area contributed by atoms with Gasteiger partial charge in [-0.15, -0.1) is 11.3 Å². The number of carbonyl (C=O) groups excluding carboxylic acids is 1. The monoisotopic (exact) mass is 456 g/mol. The molecule has 6 nitrogen and oxygen atoms in total. The molecule has 0 aliphatic heterocycles. The summed E-state index contributed by atoms with van der Waals surface area (Å²) in [6.45, 7) is 3.93. The molecule has 7 heteroatoms. The molecule has 33 heavy (non-hydrogen) atoms. The molecule has 1 aliphatic carbocycles. The lowest BCUT2D eigenvalue weighted by atomic mass is 9.96. The van der Waals surface area contributed by atoms with Crippen molar-refractivity contribution in [3.63, 3.8) is 0 Å². The minimum atomic E-state index is -0.475. The Kier molecular flexibility index (Phi) is 6.35. The molecule has 0 spiro atoms. The minimum Gasteiger partial charge on any atom is -0.497 e. The Morgan fingerprint density at radius 1 is 1.18 bits per heavy atom. The van der Waals surface area contributed by atoms with E-state index in [1.807, 2.05) is 26.0 Å². The minimum absolute atomic E-state index is 0.0112. The third-order valence-corrected chi connectivity index (χ3v) is 7.23. The highest BCUT2D eigenvalue weighted by atomic mass is 32.1. The average Bonchev–Trinajstić information content (AvgIpc) is 3.33. The molecule has 166 valence electrons. The fraction of sp³-hybridized carbons (Fsp3) is 0.269. The molecule has 2 heterocycles. The van der Waals surface area contributed by atoms with E-state index in [0.29, 0.717) is 11.4 Å². The molecule has 1 amide bonds. The van der Waals surface area contributed by atoms with Gasteiger partial charge in [-0.3, -0.25) is 4.79 Å². The van der Waals surface area contributed by atoms with Gasteiger partial charge in [0.15, 0.2) is 0 Å². The Morgan fingerprint density at radius 2 is 1.91 bits per heavy atom. The molecule has 1 N–H and O–H groups in total. The van der Waals surface area contributed by atoms with Gasteiger partial charge in [0, 0.05) is 22.0 Å². The van der Waals surface area contributed by atoms with Crippen molar-refractivity contribution in [2.45, 2.75) is 39.5 Å². The Bertz CT molecular complexity index is 1330. The van der Waals surface area contributed by atoms with Gasteiger partial charge in [0.25, 0.3) is 5.91 Å². The Morgan fingerprint density at radius 3 is 2.58 bits per heavy atom. The van der Waals surface area contributed by atoms with Crippen LogP contribution in [-0.2, 0) is 17.6 Å². The van der Waals surface area contributed by atoms with Crippen LogP contribution in [0, 0.1) is 36.5 Å². The molecule has 2 aromatic heterocycles. The van der Waals surface area contributed by atoms with Crippen molar-refractivity contribution in [1.82, 2.24) is 4.57 Å². The van der Waals surface area contributed by atoms with E-state index in [2.05, 4.69) is 16.0 Å². The summed E-state index contributed by atoms with van der Waals surface area (Å²) < 4.78 is 7.20. The zero-order chi connectivity index (χ0) is 23.5. The van der Waals surface area contributed by atoms with Gasteiger partial charge in [-0.05, 0) is 87.1 Å². The number of hydrogen-bond acceptors (Lipinski definition) is 5. The second-order valence-electron chi connectivity index (χ2n) is 8.02. The van der Waals surface area contributed by atoms with Gasteiger partial charge < -0.3 is 14.6 Å². The lowest BCUT2D eigenvalue weighted by molar-refractivity contribution is -0.112. The highest BCUT2D eigenvalue weighted by Gasteiger charge is 2.24. The van der Waals surface area contributed by atoms with Crippen LogP contribution in [0.25, 0.3) is 11.1 Å². The summed E-state index contributed by atoms with van der Waals surface area (Å²) in [5, 5.41) is 23.2. The number of aromatic nitrogens is 1. The smallest absolute Gasteiger partial charge is 0.266 e. The topological polar surface area (TPSA) is 90.8 Å². The maximum absolute atomic E-state index is 12.7. The lowest BCUT2D eigenvalue weighted by Gasteiger charge is -2.10. The highest BCUT2D eigenvalue weighted by Crippen LogP contribution is 2.38. The average molecular weight is 457 g/mol. The van der Waals surface area contributed by atoms with E-state index in [1.165, 1.54) is 10.4 Å². The van der Waals surface area contributed by atoms with Gasteiger partial charge in [0.1, 0.15) is 28.5 Å². The zero-order valence-corrected chi connectivity index (χ0v) is 19.7. The van der Waals surface area contributed by atoms with Gasteiger partial charge in [0.05, 0.1) is 12.7 Å². The van der Waals surface area contributed by atoms with Crippen LogP contribution in [0.4, 0.5) is 5.69 Å². The fourth-order valence-electron chi connectivity index (χ4n) is 4.25. The molecule has 0 bridgehead atoms. The standard InChI is InChI=1S/C26H24N4O2S/c1-16-12-18(13-19(14-27)25(31)29-20-8-10-21(32-3)11-9-20)17(2)30(16)26-23(15-28)22-6-4-5-7-24(22)33-26/h8-13H,4-7H2,1-3H3,(H,29,31)/b19-13+. The van der Waals surface area contributed by atoms with E-state index < -0.39 is 5.91 Å². The third-order valence-electron chi connectivity index (χ3n) is 5.95. The first-order chi connectivity index (χ1) is 16.0. The predicted molar refractivity (Wildman–Crippen MR) is 130 cm³/mol. The number of nitrogens with zero attached hydrogens (tertiary/aromatic N) is 3. The second kappa shape index (κ2) is 9.36. The van der Waals surface area contributed by atoms with Crippen LogP contribution >= 0.6 is 11.3 Å². The van der Waals surface area contributed by atoms with E-state index in [4.69, 9.17) is 4.74 Å². The van der Waals surface area contributed by atoms with Crippen molar-refractivity contribution in [3.8, 4) is 22.9 Å². The predicted octanol–water partition coefficient (Wildman–Crippen LogP) is 5.46. The van der Waals surface area contributed by atoms with Crippen molar-refractivity contribution < 1.29 is 9.53 Å². The first-order valence-corrected chi connectivity index (χ1v) is 11.6. The molecule has 1 aliphatic rings. The van der Waals surface area contributed by atoms with Crippen LogP contribution in [0.2, 0.25) is 0 Å². The van der Waals surface area contributed by atoms with Gasteiger partial charge >= 0.3 is 0 Å². The summed E-state index contributed by atoms with van der Waals surface area (Å²) >= 11 is 1.68. The molecule has 0 radical (unpaired) electrons. The largest absolute Gasteiger partial charge is 0.497 e. The number of fused-ring (bicyclic) bond motifs is 1. The van der Waals surface area contributed by atoms with Gasteiger partial charge in [0.2, 0.25) is 0 Å². The molecule has 0 saturated carbocycles. The second-order valence-corrected chi connectivity index (χ2v) is 9.10. The van der Waals surface area contributed by atoms with E-state index in [0.717, 1.165) is 53.2 Å². The van der Waals surface area contributed by atoms with Gasteiger partial charge in [-0.2, -0.15) is 10.5 Å². The maximum atomic E-state index is 12.7. The van der Waals surface area contributed by atoms with Gasteiger partial charge in [-0.1, -0.05) is 0 Å². The summed E-state index contributed by atoms with van der Waals surface area (Å²) in [5.41, 5.74) is 5.17. The van der Waals surface area contributed by atoms with E-state index in [-0.39, 0.29) is 5.57 Å². The van der Waals surface area contributed by atoms with Crippen LogP contribution in [0.15, 0.2) is 35.9 Å². The van der Waals surface area contributed by atoms with Crippen molar-refractivity contribution in [2.75, 3.05) is 12.4 Å². The van der Waals surface area contributed by atoms with E-state index in [9.17, 15) is 15.3 Å². The quantitative estimate of drug-likeness (QED) is 0.408. The number of methoxy groups -OCH3 is 1. The third kappa shape index (κ3) is 4.28. The summed E-state index contributed by atoms with van der Waals surface area (Å²) in [6, 6.07) is 13.3. The summed E-state index contributed by atoms with van der Waals surface area (Å²) in [6.07, 6.45) is 5.85. The van der Waals surface area contributed by atoms with Crippen molar-refractivity contribution in [1.29, 1.82) is 10.5 Å². The van der Waals surface area contributed by atoms with E-state index >= 15 is 0 Å². The number of nitrogens with one attached hydrogen (secondary N) is 1. The van der Waals surface area contributed by atoms with Crippen molar-refractivity contribution >= 4 is 29.0 Å². The summed E-state index contributed by atoms with van der Waals surface area (Å²) in [5.74, 6) is 0.209. The molecular weight excluding hydrogens is 432 g/mol. The van der Waals surface area contributed by atoms with E-state index in [1.54, 1.807) is 48.8 Å². The molecule has 0 fully saturated rings. The Balaban J connectivity index is 1.67. The summed E-state index contributed by atoms with van der Waals surface area (Å²) in [4.78, 5) is 14.0. The maximum Gasteiger partial charge on any atom is 0.266 e. The summed E-state index contributed by atoms with van der Waals surface area (Å²) in [7, 11) is 1.57. The molecular formula is C26H24N4O2S. The van der Waals surface area contributed by atoms with Crippen LogP contribution in [0.1, 0.15) is 45.8 Å². The van der Waals surface area contributed by atoms with Crippen LogP contribution < -0.4 is 10.1 Å². The van der Waals surface area contributed by atoms with Crippen molar-refractivity contribution in [3.05, 3.63) is 68.9 Å². The Hall–Kier alpha value is -3.81. The van der Waals surface area contributed by atoms with Crippen LogP contribution in [-0.4, -0.2) is 17.6 Å². The SMILES string of the molecule is COc1ccc(NC(=O)/C(C#N)=C/c2cc(C)n(-c3sc4c(c3C#N)CCCC4)c2C)cc1. The molecule has 3 aromatic rings. The first kappa shape index (κ1) is 22.4. The van der Waals surface area contributed by atoms with Crippen molar-refractivity contribution in [2.24, 2.45) is 0 Å². The molecule has 0 atom stereocenters. The van der Waals surface area contributed by atoms with Crippen LogP contribution in [0.3, 0.4) is 0 Å². The number of ether oxygens (including phenoxy) is 1. The number of amides is 1. The van der Waals surface area contributed by atoms with Crippen LogP contribution in [0.5, 0.6) is 5.75 Å². The van der Waals surface area contributed by atoms with Gasteiger partial charge in [-0.25, -0.2) is 0 Å². The molecule has 1 aromatic carbocycles. The number of hydrogen-bond donors (Lipinski definition) is 1. The zero-order valence-electron chi connectivity index (χ0n) is 18.9. The Labute approximate surface area is 197 Å². The highest BCUT2D eigenvalue weighted by molar-refractivity contribution is 7.15. The normalized spacial score (nSPS) is 13.1. The number of thiophene rings is 1. The number of benzene rings is 1. The fourth-order valence-corrected chi connectivity index (χ4v) is 5.70. The molecule has 0 unspecified atom stereocenters. The molecule has 0 saturated heterocycles. The number of nitriles is 2. The number of anilines is 1. The number of rotatable bonds is 5. The first-order valence-electron chi connectivity index (χ1n) is 10.8.